The molecule has 2 heteroatoms. The summed E-state index contributed by atoms with van der Waals surface area (Å²) < 4.78 is 5.51. The summed E-state index contributed by atoms with van der Waals surface area (Å²) in [6.45, 7) is 0. The van der Waals surface area contributed by atoms with Gasteiger partial charge in [-0.15, -0.1) is 22.7 Å². The Morgan fingerprint density at radius 2 is 0.733 bits per heavy atom. The first kappa shape index (κ1) is 33.8. The highest BCUT2D eigenvalue weighted by Crippen LogP contribution is 2.49. The Balaban J connectivity index is 0.975. The molecule has 11 aromatic carbocycles. The lowest BCUT2D eigenvalue weighted by Gasteiger charge is -2.18. The maximum absolute atomic E-state index is 2.45. The van der Waals surface area contributed by atoms with Crippen LogP contribution in [0.15, 0.2) is 206 Å². The average Bonchev–Trinajstić information content (AvgIpc) is 3.89. The molecule has 2 aromatic heterocycles. The van der Waals surface area contributed by atoms with Crippen LogP contribution in [0.3, 0.4) is 0 Å². The van der Waals surface area contributed by atoms with E-state index in [1.54, 1.807) is 0 Å². The second kappa shape index (κ2) is 13.2. The highest BCUT2D eigenvalue weighted by molar-refractivity contribution is 7.34. The smallest absolute Gasteiger partial charge is 0.0534 e. The van der Waals surface area contributed by atoms with E-state index in [2.05, 4.69) is 206 Å². The Morgan fingerprint density at radius 3 is 1.47 bits per heavy atom. The van der Waals surface area contributed by atoms with Crippen molar-refractivity contribution in [1.29, 1.82) is 0 Å². The summed E-state index contributed by atoms with van der Waals surface area (Å²) in [5.74, 6) is 0. The van der Waals surface area contributed by atoms with Crippen molar-refractivity contribution >= 4 is 106 Å². The topological polar surface area (TPSA) is 0 Å². The van der Waals surface area contributed by atoms with Crippen LogP contribution in [0.25, 0.3) is 128 Å². The second-order valence-electron chi connectivity index (χ2n) is 15.9. The van der Waals surface area contributed by atoms with Crippen LogP contribution in [-0.4, -0.2) is 0 Å². The molecule has 0 radical (unpaired) electrons. The molecule has 0 nitrogen and oxygen atoms in total. The van der Waals surface area contributed by atoms with Gasteiger partial charge in [-0.2, -0.15) is 0 Å². The fraction of sp³-hybridized carbons (Fsp3) is 0. The molecule has 0 unspecified atom stereocenters. The van der Waals surface area contributed by atoms with Gasteiger partial charge in [0.2, 0.25) is 0 Å². The van der Waals surface area contributed by atoms with Crippen molar-refractivity contribution in [2.75, 3.05) is 0 Å². The van der Waals surface area contributed by atoms with Crippen molar-refractivity contribution in [3.8, 4) is 44.5 Å². The van der Waals surface area contributed by atoms with Crippen LogP contribution < -0.4 is 0 Å². The molecular formula is C58H34S2. The molecule has 0 spiro atoms. The van der Waals surface area contributed by atoms with Gasteiger partial charge in [0.15, 0.2) is 0 Å². The number of thiophene rings is 2. The number of benzene rings is 11. The normalized spacial score (nSPS) is 12.0. The highest BCUT2D eigenvalue weighted by atomic mass is 32.1. The van der Waals surface area contributed by atoms with Crippen LogP contribution in [0.5, 0.6) is 0 Å². The minimum atomic E-state index is 1.22. The molecule has 0 N–H and O–H groups in total. The Hall–Kier alpha value is -7.10. The third-order valence-electron chi connectivity index (χ3n) is 12.7. The van der Waals surface area contributed by atoms with E-state index in [1.165, 1.54) is 128 Å². The van der Waals surface area contributed by atoms with Gasteiger partial charge in [0.25, 0.3) is 0 Å². The van der Waals surface area contributed by atoms with E-state index in [0.717, 1.165) is 0 Å². The van der Waals surface area contributed by atoms with Gasteiger partial charge in [-0.25, -0.2) is 0 Å². The lowest BCUT2D eigenvalue weighted by Crippen LogP contribution is -1.91. The lowest BCUT2D eigenvalue weighted by molar-refractivity contribution is 1.63. The summed E-state index contributed by atoms with van der Waals surface area (Å²) in [5, 5.41) is 15.6. The van der Waals surface area contributed by atoms with Crippen molar-refractivity contribution in [3.05, 3.63) is 206 Å². The third-order valence-corrected chi connectivity index (χ3v) is 15.3. The van der Waals surface area contributed by atoms with Gasteiger partial charge in [0.05, 0.1) is 9.40 Å². The second-order valence-corrected chi connectivity index (χ2v) is 18.0. The maximum Gasteiger partial charge on any atom is 0.0534 e. The fourth-order valence-electron chi connectivity index (χ4n) is 9.96. The molecule has 0 saturated carbocycles. The first-order valence-corrected chi connectivity index (χ1v) is 22.2. The summed E-state index contributed by atoms with van der Waals surface area (Å²) >= 11 is 3.87. The molecule has 13 aromatic rings. The standard InChI is InChI=1S/C58H34S2/c1-2-17-40-35(13-1)14-12-25-41(40)38-15-11-16-39(33-38)55-46-22-6-4-20-44(46)54(45-21-5-7-23-47(45)55)37-29-27-36(28-30-37)51-34-52-50-32-31-49-43-19-9-10-26-53(43)59-57(49)58(50)60-56(52)48-24-8-3-18-42(48)51/h1-34H. The molecule has 0 aliphatic heterocycles. The van der Waals surface area contributed by atoms with Gasteiger partial charge >= 0.3 is 0 Å². The fourth-order valence-corrected chi connectivity index (χ4v) is 12.6. The van der Waals surface area contributed by atoms with E-state index in [4.69, 9.17) is 0 Å². The van der Waals surface area contributed by atoms with Crippen LogP contribution >= 0.6 is 22.7 Å². The van der Waals surface area contributed by atoms with E-state index in [-0.39, 0.29) is 0 Å². The molecule has 0 amide bonds. The largest absolute Gasteiger partial charge is 0.134 e. The summed E-state index contributed by atoms with van der Waals surface area (Å²) in [7, 11) is 0. The highest BCUT2D eigenvalue weighted by Gasteiger charge is 2.20. The third kappa shape index (κ3) is 5.02. The molecule has 278 valence electrons. The predicted molar refractivity (Wildman–Crippen MR) is 264 cm³/mol. The minimum Gasteiger partial charge on any atom is -0.134 e. The first-order valence-electron chi connectivity index (χ1n) is 20.6. The van der Waals surface area contributed by atoms with E-state index < -0.39 is 0 Å². The van der Waals surface area contributed by atoms with Gasteiger partial charge in [0, 0.05) is 36.3 Å². The van der Waals surface area contributed by atoms with Gasteiger partial charge in [0.1, 0.15) is 0 Å². The van der Waals surface area contributed by atoms with Crippen LogP contribution in [0.4, 0.5) is 0 Å². The number of rotatable bonds is 4. The quantitative estimate of drug-likeness (QED) is 0.156. The monoisotopic (exact) mass is 794 g/mol. The molecule has 0 aliphatic rings. The Kier molecular flexibility index (Phi) is 7.45. The predicted octanol–water partition coefficient (Wildman–Crippen LogP) is 17.7. The molecule has 0 saturated heterocycles. The van der Waals surface area contributed by atoms with Crippen LogP contribution in [0.1, 0.15) is 0 Å². The number of hydrogen-bond donors (Lipinski definition) is 0. The van der Waals surface area contributed by atoms with E-state index in [1.807, 2.05) is 22.7 Å². The summed E-state index contributed by atoms with van der Waals surface area (Å²) in [5.41, 5.74) is 10.00. The van der Waals surface area contributed by atoms with Gasteiger partial charge in [-0.3, -0.25) is 0 Å². The molecule has 2 heterocycles. The van der Waals surface area contributed by atoms with Crippen molar-refractivity contribution in [2.45, 2.75) is 0 Å². The molecule has 0 fully saturated rings. The summed E-state index contributed by atoms with van der Waals surface area (Å²) in [6, 6.07) is 76.7. The van der Waals surface area contributed by atoms with Crippen molar-refractivity contribution < 1.29 is 0 Å². The van der Waals surface area contributed by atoms with Gasteiger partial charge < -0.3 is 0 Å². The minimum absolute atomic E-state index is 1.22. The molecule has 0 atom stereocenters. The Labute approximate surface area is 354 Å². The zero-order valence-electron chi connectivity index (χ0n) is 32.4. The Morgan fingerprint density at radius 1 is 0.233 bits per heavy atom. The van der Waals surface area contributed by atoms with Gasteiger partial charge in [-0.1, -0.05) is 188 Å². The molecule has 60 heavy (non-hydrogen) atoms. The zero-order chi connectivity index (χ0) is 39.3. The van der Waals surface area contributed by atoms with Crippen molar-refractivity contribution in [1.82, 2.24) is 0 Å². The number of fused-ring (bicyclic) bond motifs is 12. The van der Waals surface area contributed by atoms with Crippen LogP contribution in [0.2, 0.25) is 0 Å². The summed E-state index contributed by atoms with van der Waals surface area (Å²) in [6.07, 6.45) is 0. The zero-order valence-corrected chi connectivity index (χ0v) is 34.1. The molecular weight excluding hydrogens is 761 g/mol. The van der Waals surface area contributed by atoms with Crippen LogP contribution in [0, 0.1) is 0 Å². The Bertz CT molecular complexity index is 3820. The van der Waals surface area contributed by atoms with Gasteiger partial charge in [-0.05, 0) is 100 Å². The van der Waals surface area contributed by atoms with Crippen LogP contribution in [-0.2, 0) is 0 Å². The SMILES string of the molecule is c1cc(-c2cccc3ccccc23)cc(-c2c3ccccc3c(-c3ccc(-c4cc5c6ccc7c8ccccc8sc7c6sc5c5ccccc45)cc3)c3ccccc23)c1. The van der Waals surface area contributed by atoms with Crippen molar-refractivity contribution in [3.63, 3.8) is 0 Å². The molecule has 0 bridgehead atoms. The number of hydrogen-bond acceptors (Lipinski definition) is 2. The lowest BCUT2D eigenvalue weighted by atomic mass is 9.85. The van der Waals surface area contributed by atoms with E-state index in [0.29, 0.717) is 0 Å². The van der Waals surface area contributed by atoms with E-state index >= 15 is 0 Å². The first-order chi connectivity index (χ1) is 29.8. The molecule has 13 rings (SSSR count). The van der Waals surface area contributed by atoms with E-state index in [9.17, 15) is 0 Å². The average molecular weight is 795 g/mol. The van der Waals surface area contributed by atoms with Crippen molar-refractivity contribution in [2.24, 2.45) is 0 Å². The maximum atomic E-state index is 2.45. The summed E-state index contributed by atoms with van der Waals surface area (Å²) in [4.78, 5) is 0. The molecule has 0 aliphatic carbocycles.